The van der Waals surface area contributed by atoms with Crippen LogP contribution in [0.1, 0.15) is 6.42 Å². The van der Waals surface area contributed by atoms with Gasteiger partial charge in [-0.05, 0) is 13.3 Å². The molecule has 0 spiro atoms. The van der Waals surface area contributed by atoms with Crippen LogP contribution >= 0.6 is 0 Å². The van der Waals surface area contributed by atoms with Gasteiger partial charge in [-0.15, -0.1) is 0 Å². The number of nitrogens with two attached hydrogens (primary N) is 1. The number of aliphatic hydroxyl groups is 2. The van der Waals surface area contributed by atoms with Crippen LogP contribution in [0.3, 0.4) is 0 Å². The summed E-state index contributed by atoms with van der Waals surface area (Å²) in [5.74, 6) is 0. The Bertz CT molecular complexity index is 127. The first-order valence-corrected chi connectivity index (χ1v) is 3.60. The molecule has 1 rings (SSSR count). The van der Waals surface area contributed by atoms with E-state index in [1.807, 2.05) is 0 Å². The summed E-state index contributed by atoms with van der Waals surface area (Å²) >= 11 is 0. The van der Waals surface area contributed by atoms with Crippen molar-refractivity contribution in [1.82, 2.24) is 0 Å². The molecule has 0 aliphatic carbocycles. The summed E-state index contributed by atoms with van der Waals surface area (Å²) in [5.41, 5.74) is 5.57. The average molecular weight is 159 g/mol. The van der Waals surface area contributed by atoms with Crippen molar-refractivity contribution in [1.29, 1.82) is 0 Å². The van der Waals surface area contributed by atoms with Crippen LogP contribution in [-0.2, 0) is 4.74 Å². The van der Waals surface area contributed by atoms with Crippen molar-refractivity contribution in [3.8, 4) is 0 Å². The van der Waals surface area contributed by atoms with Crippen molar-refractivity contribution in [3.05, 3.63) is 6.92 Å². The van der Waals surface area contributed by atoms with E-state index in [2.05, 4.69) is 0 Å². The van der Waals surface area contributed by atoms with E-state index in [9.17, 15) is 0 Å². The van der Waals surface area contributed by atoms with Gasteiger partial charge in [0.25, 0.3) is 0 Å². The SMILES string of the molecule is [CH][C@H]1C[C@@H](N)[C@H](C(O)CO)O1. The van der Waals surface area contributed by atoms with Gasteiger partial charge in [-0.25, -0.2) is 0 Å². The van der Waals surface area contributed by atoms with Gasteiger partial charge in [0.1, 0.15) is 12.2 Å². The molecule has 0 amide bonds. The third-order valence-electron chi connectivity index (χ3n) is 1.82. The first-order valence-electron chi connectivity index (χ1n) is 3.60. The molecule has 1 unspecified atom stereocenters. The fourth-order valence-corrected chi connectivity index (χ4v) is 1.24. The van der Waals surface area contributed by atoms with E-state index in [4.69, 9.17) is 27.6 Å². The van der Waals surface area contributed by atoms with Crippen molar-refractivity contribution in [3.63, 3.8) is 0 Å². The second-order valence-corrected chi connectivity index (χ2v) is 2.79. The number of aliphatic hydroxyl groups excluding tert-OH is 2. The maximum Gasteiger partial charge on any atom is 0.105 e. The minimum Gasteiger partial charge on any atom is -0.394 e. The van der Waals surface area contributed by atoms with Crippen LogP contribution < -0.4 is 5.73 Å². The van der Waals surface area contributed by atoms with Crippen LogP contribution in [0.2, 0.25) is 0 Å². The van der Waals surface area contributed by atoms with Crippen LogP contribution in [0.5, 0.6) is 0 Å². The zero-order chi connectivity index (χ0) is 8.43. The second-order valence-electron chi connectivity index (χ2n) is 2.79. The van der Waals surface area contributed by atoms with Crippen LogP contribution in [0, 0.1) is 6.92 Å². The Morgan fingerprint density at radius 2 is 2.36 bits per heavy atom. The van der Waals surface area contributed by atoms with Gasteiger partial charge in [0.15, 0.2) is 0 Å². The Morgan fingerprint density at radius 3 is 2.73 bits per heavy atom. The van der Waals surface area contributed by atoms with Gasteiger partial charge in [0.05, 0.1) is 12.7 Å². The standard InChI is InChI=1S/C7H13NO3/c1-4-2-5(8)7(11-4)6(10)3-9/h1,4-7,9-10H,2-3,8H2/t4-,5+,6?,7+/m0/s1. The molecule has 1 aliphatic rings. The normalized spacial score (nSPS) is 40.9. The molecule has 1 heterocycles. The second kappa shape index (κ2) is 3.49. The smallest absolute Gasteiger partial charge is 0.105 e. The van der Waals surface area contributed by atoms with Crippen molar-refractivity contribution in [2.75, 3.05) is 6.61 Å². The lowest BCUT2D eigenvalue weighted by Gasteiger charge is -2.19. The number of ether oxygens (including phenoxy) is 1. The van der Waals surface area contributed by atoms with Crippen LogP contribution in [0.4, 0.5) is 0 Å². The van der Waals surface area contributed by atoms with E-state index in [1.165, 1.54) is 0 Å². The molecule has 1 aliphatic heterocycles. The summed E-state index contributed by atoms with van der Waals surface area (Å²) < 4.78 is 5.07. The van der Waals surface area contributed by atoms with Gasteiger partial charge in [-0.3, -0.25) is 0 Å². The quantitative estimate of drug-likeness (QED) is 0.460. The number of hydrogen-bond acceptors (Lipinski definition) is 4. The maximum atomic E-state index is 9.14. The third kappa shape index (κ3) is 1.90. The third-order valence-corrected chi connectivity index (χ3v) is 1.82. The van der Waals surface area contributed by atoms with Crippen LogP contribution in [0.25, 0.3) is 0 Å². The van der Waals surface area contributed by atoms with Gasteiger partial charge in [0.2, 0.25) is 0 Å². The zero-order valence-electron chi connectivity index (χ0n) is 6.18. The minimum atomic E-state index is -0.918. The van der Waals surface area contributed by atoms with Gasteiger partial charge < -0.3 is 20.7 Å². The van der Waals surface area contributed by atoms with E-state index < -0.39 is 18.3 Å². The number of rotatable bonds is 2. The molecule has 4 N–H and O–H groups in total. The van der Waals surface area contributed by atoms with Gasteiger partial charge >= 0.3 is 0 Å². The van der Waals surface area contributed by atoms with Crippen molar-refractivity contribution >= 4 is 0 Å². The molecule has 1 fully saturated rings. The summed E-state index contributed by atoms with van der Waals surface area (Å²) in [7, 11) is 0. The van der Waals surface area contributed by atoms with Gasteiger partial charge in [-0.1, -0.05) is 0 Å². The Morgan fingerprint density at radius 1 is 1.73 bits per heavy atom. The summed E-state index contributed by atoms with van der Waals surface area (Å²) in [6, 6.07) is -0.271. The summed E-state index contributed by atoms with van der Waals surface area (Å²) in [6.07, 6.45) is -1.31. The minimum absolute atomic E-state index is 0.271. The zero-order valence-corrected chi connectivity index (χ0v) is 6.18. The highest BCUT2D eigenvalue weighted by Crippen LogP contribution is 2.20. The Labute approximate surface area is 66.0 Å². The van der Waals surface area contributed by atoms with Crippen LogP contribution in [-0.4, -0.2) is 41.2 Å². The molecular formula is C7H13NO3. The van der Waals surface area contributed by atoms with Gasteiger partial charge in [0, 0.05) is 6.04 Å². The summed E-state index contributed by atoms with van der Waals surface area (Å²) in [5, 5.41) is 17.7. The predicted octanol–water partition coefficient (Wildman–Crippen LogP) is -1.46. The molecule has 0 aromatic heterocycles. The molecule has 11 heavy (non-hydrogen) atoms. The summed E-state index contributed by atoms with van der Waals surface area (Å²) in [6.45, 7) is 5.07. The largest absolute Gasteiger partial charge is 0.394 e. The maximum absolute atomic E-state index is 9.14. The van der Waals surface area contributed by atoms with E-state index >= 15 is 0 Å². The molecule has 4 atom stereocenters. The highest BCUT2D eigenvalue weighted by Gasteiger charge is 2.34. The molecule has 1 saturated heterocycles. The number of hydrogen-bond donors (Lipinski definition) is 3. The topological polar surface area (TPSA) is 75.7 Å². The van der Waals surface area contributed by atoms with E-state index in [0.717, 1.165) is 0 Å². The van der Waals surface area contributed by atoms with E-state index in [-0.39, 0.29) is 12.6 Å². The van der Waals surface area contributed by atoms with Gasteiger partial charge in [-0.2, -0.15) is 0 Å². The fourth-order valence-electron chi connectivity index (χ4n) is 1.24. The fraction of sp³-hybridized carbons (Fsp3) is 0.857. The predicted molar refractivity (Wildman–Crippen MR) is 38.6 cm³/mol. The Hall–Kier alpha value is -0.160. The molecular weight excluding hydrogens is 146 g/mol. The van der Waals surface area contributed by atoms with E-state index in [0.29, 0.717) is 6.42 Å². The highest BCUT2D eigenvalue weighted by atomic mass is 16.5. The van der Waals surface area contributed by atoms with Crippen molar-refractivity contribution < 1.29 is 14.9 Å². The monoisotopic (exact) mass is 159 g/mol. The van der Waals surface area contributed by atoms with Crippen molar-refractivity contribution in [2.45, 2.75) is 30.8 Å². The summed E-state index contributed by atoms with van der Waals surface area (Å²) in [4.78, 5) is 0. The molecule has 0 bridgehead atoms. The molecule has 0 aromatic carbocycles. The van der Waals surface area contributed by atoms with Crippen LogP contribution in [0.15, 0.2) is 0 Å². The lowest BCUT2D eigenvalue weighted by Crippen LogP contribution is -2.41. The lowest BCUT2D eigenvalue weighted by molar-refractivity contribution is -0.0477. The lowest BCUT2D eigenvalue weighted by atomic mass is 10.1. The molecule has 4 heteroatoms. The molecule has 0 saturated carbocycles. The average Bonchev–Trinajstić information content (AvgIpc) is 2.28. The Kier molecular flexibility index (Phi) is 2.84. The first-order chi connectivity index (χ1) is 5.15. The molecule has 0 aromatic rings. The van der Waals surface area contributed by atoms with Crippen molar-refractivity contribution in [2.24, 2.45) is 5.73 Å². The van der Waals surface area contributed by atoms with E-state index in [1.54, 1.807) is 0 Å². The first kappa shape index (κ1) is 8.93. The highest BCUT2D eigenvalue weighted by molar-refractivity contribution is 4.90. The Balaban J connectivity index is 2.45. The molecule has 64 valence electrons. The molecule has 4 nitrogen and oxygen atoms in total. The molecule has 2 radical (unpaired) electrons.